The molecule has 0 saturated carbocycles. The summed E-state index contributed by atoms with van der Waals surface area (Å²) in [5.41, 5.74) is 15.5. The van der Waals surface area contributed by atoms with E-state index in [1.165, 1.54) is 16.7 Å². The van der Waals surface area contributed by atoms with E-state index in [1.54, 1.807) is 0 Å². The Hall–Kier alpha value is -2.01. The van der Waals surface area contributed by atoms with E-state index in [1.807, 2.05) is 6.07 Å². The summed E-state index contributed by atoms with van der Waals surface area (Å²) >= 11 is 0. The summed E-state index contributed by atoms with van der Waals surface area (Å²) in [4.78, 5) is 13.2. The molecule has 1 aromatic rings. The zero-order chi connectivity index (χ0) is 13.4. The van der Waals surface area contributed by atoms with Crippen molar-refractivity contribution in [3.8, 4) is 0 Å². The molecule has 3 rings (SSSR count). The Bertz CT molecular complexity index is 552. The lowest BCUT2D eigenvalue weighted by molar-refractivity contribution is 0.247. The molecule has 0 spiro atoms. The highest BCUT2D eigenvalue weighted by molar-refractivity contribution is 5.80. The van der Waals surface area contributed by atoms with E-state index in [0.717, 1.165) is 25.2 Å². The number of nitrogens with two attached hydrogens (primary N) is 1. The van der Waals surface area contributed by atoms with Gasteiger partial charge in [0.15, 0.2) is 0 Å². The van der Waals surface area contributed by atoms with E-state index in [2.05, 4.69) is 41.0 Å². The molecule has 2 aliphatic rings. The van der Waals surface area contributed by atoms with Crippen LogP contribution in [0.3, 0.4) is 0 Å². The van der Waals surface area contributed by atoms with Crippen molar-refractivity contribution in [1.29, 1.82) is 0 Å². The van der Waals surface area contributed by atoms with Crippen LogP contribution in [0.5, 0.6) is 0 Å². The number of urea groups is 1. The Morgan fingerprint density at radius 1 is 1.42 bits per heavy atom. The van der Waals surface area contributed by atoms with Gasteiger partial charge in [-0.25, -0.2) is 4.79 Å². The third kappa shape index (κ3) is 2.06. The second kappa shape index (κ2) is 4.59. The molecule has 5 heteroatoms. The van der Waals surface area contributed by atoms with Gasteiger partial charge in [-0.2, -0.15) is 0 Å². The van der Waals surface area contributed by atoms with Gasteiger partial charge in [-0.15, -0.1) is 0 Å². The average Bonchev–Trinajstić information content (AvgIpc) is 2.70. The summed E-state index contributed by atoms with van der Waals surface area (Å²) in [6.45, 7) is 2.07. The highest BCUT2D eigenvalue weighted by Gasteiger charge is 2.34. The fraction of sp³-hybridized carbons (Fsp3) is 0.357. The molecule has 0 aromatic heterocycles. The topological polar surface area (TPSA) is 70.4 Å². The van der Waals surface area contributed by atoms with Crippen LogP contribution in [-0.2, 0) is 0 Å². The number of hydrazine groups is 1. The molecule has 1 aliphatic heterocycles. The minimum Gasteiger partial charge on any atom is -0.350 e. The Balaban J connectivity index is 1.98. The molecular weight excluding hydrogens is 240 g/mol. The standard InChI is InChI=1S/C14H18N4O/c1-18-7-6-11-12(8-18)9-4-2-3-5-10(9)13(11)16-17-14(15)19/h2-5,12,16H,6-8H2,1H3,(H3,15,17,19)/t12-/m0/s1. The number of carbonyl (C=O) groups excluding carboxylic acids is 1. The van der Waals surface area contributed by atoms with Gasteiger partial charge in [0.1, 0.15) is 0 Å². The van der Waals surface area contributed by atoms with Crippen LogP contribution >= 0.6 is 0 Å². The average molecular weight is 258 g/mol. The molecule has 5 nitrogen and oxygen atoms in total. The Morgan fingerprint density at radius 3 is 3.00 bits per heavy atom. The summed E-state index contributed by atoms with van der Waals surface area (Å²) in [6.07, 6.45) is 1.01. The molecule has 100 valence electrons. The van der Waals surface area contributed by atoms with Gasteiger partial charge in [0.25, 0.3) is 0 Å². The van der Waals surface area contributed by atoms with Crippen molar-refractivity contribution in [1.82, 2.24) is 15.8 Å². The Kier molecular flexibility index (Phi) is 2.91. The van der Waals surface area contributed by atoms with E-state index in [9.17, 15) is 4.79 Å². The summed E-state index contributed by atoms with van der Waals surface area (Å²) < 4.78 is 0. The van der Waals surface area contributed by atoms with Gasteiger partial charge in [0.2, 0.25) is 0 Å². The molecule has 19 heavy (non-hydrogen) atoms. The second-order valence-electron chi connectivity index (χ2n) is 5.17. The molecule has 0 bridgehead atoms. The van der Waals surface area contributed by atoms with Crippen LogP contribution in [0.1, 0.15) is 23.5 Å². The van der Waals surface area contributed by atoms with Crippen LogP contribution < -0.4 is 16.6 Å². The molecule has 1 heterocycles. The predicted molar refractivity (Wildman–Crippen MR) is 74.1 cm³/mol. The Labute approximate surface area is 112 Å². The van der Waals surface area contributed by atoms with Crippen LogP contribution in [0.25, 0.3) is 5.70 Å². The number of likely N-dealkylation sites (N-methyl/N-ethyl adjacent to an activating group) is 1. The van der Waals surface area contributed by atoms with Crippen LogP contribution in [0.2, 0.25) is 0 Å². The van der Waals surface area contributed by atoms with Crippen molar-refractivity contribution in [3.05, 3.63) is 41.0 Å². The quantitative estimate of drug-likeness (QED) is 0.693. The molecule has 2 amide bonds. The number of hydrogen-bond donors (Lipinski definition) is 3. The van der Waals surface area contributed by atoms with E-state index in [0.29, 0.717) is 5.92 Å². The van der Waals surface area contributed by atoms with Gasteiger partial charge in [0, 0.05) is 24.6 Å². The first-order valence-electron chi connectivity index (χ1n) is 6.49. The molecular formula is C14H18N4O. The summed E-state index contributed by atoms with van der Waals surface area (Å²) in [5.74, 6) is 0.423. The lowest BCUT2D eigenvalue weighted by Gasteiger charge is -2.30. The fourth-order valence-corrected chi connectivity index (χ4v) is 3.06. The van der Waals surface area contributed by atoms with Gasteiger partial charge in [0.05, 0.1) is 5.70 Å². The monoisotopic (exact) mass is 258 g/mol. The lowest BCUT2D eigenvalue weighted by Crippen LogP contribution is -2.40. The molecule has 1 fully saturated rings. The number of likely N-dealkylation sites (tertiary alicyclic amines) is 1. The molecule has 1 atom stereocenters. The molecule has 0 unspecified atom stereocenters. The maximum atomic E-state index is 10.9. The zero-order valence-corrected chi connectivity index (χ0v) is 10.9. The van der Waals surface area contributed by atoms with Gasteiger partial charge in [-0.3, -0.25) is 10.9 Å². The molecule has 0 radical (unpaired) electrons. The smallest absolute Gasteiger partial charge is 0.330 e. The van der Waals surface area contributed by atoms with E-state index < -0.39 is 6.03 Å². The van der Waals surface area contributed by atoms with Crippen molar-refractivity contribution < 1.29 is 4.79 Å². The summed E-state index contributed by atoms with van der Waals surface area (Å²) in [6, 6.07) is 7.77. The Morgan fingerprint density at radius 2 is 2.21 bits per heavy atom. The number of nitrogens with zero attached hydrogens (tertiary/aromatic N) is 1. The molecule has 4 N–H and O–H groups in total. The predicted octanol–water partition coefficient (Wildman–Crippen LogP) is 1.00. The second-order valence-corrected chi connectivity index (χ2v) is 5.17. The number of rotatable bonds is 2. The van der Waals surface area contributed by atoms with Crippen LogP contribution in [0.15, 0.2) is 29.8 Å². The van der Waals surface area contributed by atoms with E-state index in [4.69, 9.17) is 5.73 Å². The fourth-order valence-electron chi connectivity index (χ4n) is 3.06. The van der Waals surface area contributed by atoms with Crippen molar-refractivity contribution in [3.63, 3.8) is 0 Å². The minimum atomic E-state index is -0.568. The third-order valence-corrected chi connectivity index (χ3v) is 3.92. The maximum absolute atomic E-state index is 10.9. The summed E-state index contributed by atoms with van der Waals surface area (Å²) in [5, 5.41) is 0. The maximum Gasteiger partial charge on any atom is 0.330 e. The SMILES string of the molecule is CN1CCC2=C(NNC(N)=O)c3ccccc3[C@@H]2C1. The highest BCUT2D eigenvalue weighted by Crippen LogP contribution is 2.44. The molecule has 1 aromatic carbocycles. The number of benzene rings is 1. The number of piperidine rings is 1. The van der Waals surface area contributed by atoms with Gasteiger partial charge >= 0.3 is 6.03 Å². The molecule has 1 aliphatic carbocycles. The third-order valence-electron chi connectivity index (χ3n) is 3.92. The number of nitrogens with one attached hydrogen (secondary N) is 2. The van der Waals surface area contributed by atoms with Gasteiger partial charge in [-0.05, 0) is 24.6 Å². The first-order chi connectivity index (χ1) is 9.16. The van der Waals surface area contributed by atoms with Crippen LogP contribution in [0.4, 0.5) is 4.79 Å². The van der Waals surface area contributed by atoms with Crippen LogP contribution in [0, 0.1) is 0 Å². The van der Waals surface area contributed by atoms with Crippen LogP contribution in [-0.4, -0.2) is 31.1 Å². The highest BCUT2D eigenvalue weighted by atomic mass is 16.2. The molecule has 1 saturated heterocycles. The lowest BCUT2D eigenvalue weighted by atomic mass is 9.90. The van der Waals surface area contributed by atoms with E-state index in [-0.39, 0.29) is 0 Å². The van der Waals surface area contributed by atoms with Crippen molar-refractivity contribution >= 4 is 11.7 Å². The minimum absolute atomic E-state index is 0.423. The van der Waals surface area contributed by atoms with Gasteiger partial charge in [-0.1, -0.05) is 24.3 Å². The first kappa shape index (κ1) is 12.0. The zero-order valence-electron chi connectivity index (χ0n) is 10.9. The summed E-state index contributed by atoms with van der Waals surface area (Å²) in [7, 11) is 2.15. The number of amides is 2. The number of hydrogen-bond acceptors (Lipinski definition) is 3. The number of fused-ring (bicyclic) bond motifs is 3. The first-order valence-corrected chi connectivity index (χ1v) is 6.49. The number of carbonyl (C=O) groups is 1. The van der Waals surface area contributed by atoms with Crippen molar-refractivity contribution in [2.45, 2.75) is 12.3 Å². The number of primary amides is 1. The van der Waals surface area contributed by atoms with Gasteiger partial charge < -0.3 is 10.6 Å². The van der Waals surface area contributed by atoms with Crippen molar-refractivity contribution in [2.75, 3.05) is 20.1 Å². The normalized spacial score (nSPS) is 21.8. The van der Waals surface area contributed by atoms with E-state index >= 15 is 0 Å². The van der Waals surface area contributed by atoms with Crippen molar-refractivity contribution in [2.24, 2.45) is 5.73 Å². The largest absolute Gasteiger partial charge is 0.350 e.